The largest absolute Gasteiger partial charge is 0.367 e. The van der Waals surface area contributed by atoms with E-state index in [1.54, 1.807) is 0 Å². The van der Waals surface area contributed by atoms with Crippen molar-refractivity contribution in [2.24, 2.45) is 5.92 Å². The number of hydrogen-bond acceptors (Lipinski definition) is 2. The molecule has 19 heavy (non-hydrogen) atoms. The lowest BCUT2D eigenvalue weighted by molar-refractivity contribution is 0.440. The highest BCUT2D eigenvalue weighted by molar-refractivity contribution is 5.56. The molecule has 0 bridgehead atoms. The van der Waals surface area contributed by atoms with Crippen LogP contribution in [-0.2, 0) is 6.42 Å². The fourth-order valence-electron chi connectivity index (χ4n) is 3.03. The van der Waals surface area contributed by atoms with Gasteiger partial charge in [0.2, 0.25) is 0 Å². The SMILES string of the molecule is CCC(CNC(C)C)N1CC(C)Cc2ccccc21. The number of nitrogens with one attached hydrogen (secondary N) is 1. The Morgan fingerprint density at radius 1 is 1.32 bits per heavy atom. The molecular weight excluding hydrogens is 232 g/mol. The first-order chi connectivity index (χ1) is 9.11. The van der Waals surface area contributed by atoms with E-state index in [-0.39, 0.29) is 0 Å². The normalized spacial score (nSPS) is 20.5. The molecule has 0 saturated heterocycles. The molecule has 2 nitrogen and oxygen atoms in total. The summed E-state index contributed by atoms with van der Waals surface area (Å²) in [4.78, 5) is 2.62. The van der Waals surface area contributed by atoms with Gasteiger partial charge in [0.15, 0.2) is 0 Å². The van der Waals surface area contributed by atoms with Gasteiger partial charge in [-0.3, -0.25) is 0 Å². The maximum atomic E-state index is 3.60. The molecule has 0 radical (unpaired) electrons. The Labute approximate surface area is 118 Å². The van der Waals surface area contributed by atoms with Crippen LogP contribution in [-0.4, -0.2) is 25.2 Å². The van der Waals surface area contributed by atoms with Crippen LogP contribution in [0.2, 0.25) is 0 Å². The highest BCUT2D eigenvalue weighted by Gasteiger charge is 2.26. The second kappa shape index (κ2) is 6.42. The molecule has 0 spiro atoms. The minimum atomic E-state index is 0.562. The average molecular weight is 260 g/mol. The average Bonchev–Trinajstić information content (AvgIpc) is 2.38. The Morgan fingerprint density at radius 3 is 2.74 bits per heavy atom. The standard InChI is InChI=1S/C17H28N2/c1-5-16(11-18-13(2)3)19-12-14(4)10-15-8-6-7-9-17(15)19/h6-9,13-14,16,18H,5,10-12H2,1-4H3. The van der Waals surface area contributed by atoms with E-state index in [0.717, 1.165) is 12.5 Å². The summed E-state index contributed by atoms with van der Waals surface area (Å²) in [6.07, 6.45) is 2.42. The van der Waals surface area contributed by atoms with Gasteiger partial charge in [0.1, 0.15) is 0 Å². The van der Waals surface area contributed by atoms with Gasteiger partial charge >= 0.3 is 0 Å². The third-order valence-electron chi connectivity index (χ3n) is 4.05. The highest BCUT2D eigenvalue weighted by Crippen LogP contribution is 2.31. The van der Waals surface area contributed by atoms with Crippen molar-refractivity contribution in [3.63, 3.8) is 0 Å². The smallest absolute Gasteiger partial charge is 0.0412 e. The zero-order chi connectivity index (χ0) is 13.8. The predicted octanol–water partition coefficient (Wildman–Crippen LogP) is 3.46. The monoisotopic (exact) mass is 260 g/mol. The molecule has 1 aromatic carbocycles. The summed E-state index contributed by atoms with van der Waals surface area (Å²) in [5, 5.41) is 3.60. The number of anilines is 1. The molecule has 2 atom stereocenters. The fraction of sp³-hybridized carbons (Fsp3) is 0.647. The van der Waals surface area contributed by atoms with Gasteiger partial charge in [-0.05, 0) is 30.4 Å². The molecule has 0 aromatic heterocycles. The van der Waals surface area contributed by atoms with Gasteiger partial charge < -0.3 is 10.2 Å². The van der Waals surface area contributed by atoms with Gasteiger partial charge in [-0.1, -0.05) is 45.9 Å². The van der Waals surface area contributed by atoms with E-state index < -0.39 is 0 Å². The van der Waals surface area contributed by atoms with E-state index in [1.165, 1.54) is 30.6 Å². The van der Waals surface area contributed by atoms with Crippen molar-refractivity contribution < 1.29 is 0 Å². The second-order valence-electron chi connectivity index (χ2n) is 6.22. The van der Waals surface area contributed by atoms with Gasteiger partial charge in [-0.2, -0.15) is 0 Å². The van der Waals surface area contributed by atoms with Crippen molar-refractivity contribution in [1.82, 2.24) is 5.32 Å². The third kappa shape index (κ3) is 3.50. The molecule has 2 heteroatoms. The summed E-state index contributed by atoms with van der Waals surface area (Å²) in [6.45, 7) is 11.4. The van der Waals surface area contributed by atoms with Crippen LogP contribution >= 0.6 is 0 Å². The molecule has 2 unspecified atom stereocenters. The van der Waals surface area contributed by atoms with Crippen molar-refractivity contribution in [2.45, 2.75) is 52.6 Å². The number of rotatable bonds is 5. The minimum Gasteiger partial charge on any atom is -0.367 e. The Kier molecular flexibility index (Phi) is 4.87. The molecule has 1 aliphatic heterocycles. The summed E-state index contributed by atoms with van der Waals surface area (Å²) in [5.74, 6) is 0.753. The van der Waals surface area contributed by atoms with E-state index in [9.17, 15) is 0 Å². The first-order valence-electron chi connectivity index (χ1n) is 7.69. The summed E-state index contributed by atoms with van der Waals surface area (Å²) in [7, 11) is 0. The zero-order valence-electron chi connectivity index (χ0n) is 12.8. The van der Waals surface area contributed by atoms with Gasteiger partial charge in [0, 0.05) is 30.9 Å². The molecular formula is C17H28N2. The number of fused-ring (bicyclic) bond motifs is 1. The highest BCUT2D eigenvalue weighted by atomic mass is 15.2. The van der Waals surface area contributed by atoms with Crippen LogP contribution in [0.1, 0.15) is 39.7 Å². The molecule has 2 rings (SSSR count). The van der Waals surface area contributed by atoms with E-state index in [4.69, 9.17) is 0 Å². The van der Waals surface area contributed by atoms with Gasteiger partial charge in [-0.15, -0.1) is 0 Å². The first kappa shape index (κ1) is 14.4. The third-order valence-corrected chi connectivity index (χ3v) is 4.05. The Bertz CT molecular complexity index is 400. The van der Waals surface area contributed by atoms with Crippen molar-refractivity contribution in [3.05, 3.63) is 29.8 Å². The van der Waals surface area contributed by atoms with Crippen molar-refractivity contribution >= 4 is 5.69 Å². The Balaban J connectivity index is 2.17. The Morgan fingerprint density at radius 2 is 2.05 bits per heavy atom. The van der Waals surface area contributed by atoms with E-state index in [1.807, 2.05) is 0 Å². The fourth-order valence-corrected chi connectivity index (χ4v) is 3.03. The topological polar surface area (TPSA) is 15.3 Å². The minimum absolute atomic E-state index is 0.562. The molecule has 1 heterocycles. The molecule has 0 aliphatic carbocycles. The number of hydrogen-bond donors (Lipinski definition) is 1. The lowest BCUT2D eigenvalue weighted by Gasteiger charge is -2.40. The zero-order valence-corrected chi connectivity index (χ0v) is 12.8. The van der Waals surface area contributed by atoms with E-state index in [0.29, 0.717) is 12.1 Å². The summed E-state index contributed by atoms with van der Waals surface area (Å²) < 4.78 is 0. The summed E-state index contributed by atoms with van der Waals surface area (Å²) in [6, 6.07) is 10.1. The first-order valence-corrected chi connectivity index (χ1v) is 7.69. The maximum Gasteiger partial charge on any atom is 0.0412 e. The molecule has 1 aromatic rings. The number of nitrogens with zero attached hydrogens (tertiary/aromatic N) is 1. The summed E-state index contributed by atoms with van der Waals surface area (Å²) >= 11 is 0. The van der Waals surface area contributed by atoms with Crippen LogP contribution < -0.4 is 10.2 Å². The quantitative estimate of drug-likeness (QED) is 0.872. The molecule has 1 aliphatic rings. The van der Waals surface area contributed by atoms with Crippen LogP contribution in [0.4, 0.5) is 5.69 Å². The van der Waals surface area contributed by atoms with E-state index in [2.05, 4.69) is 62.2 Å². The van der Waals surface area contributed by atoms with Crippen molar-refractivity contribution in [2.75, 3.05) is 18.0 Å². The molecule has 0 fully saturated rings. The molecule has 106 valence electrons. The van der Waals surface area contributed by atoms with Crippen molar-refractivity contribution in [1.29, 1.82) is 0 Å². The number of para-hydroxylation sites is 1. The van der Waals surface area contributed by atoms with E-state index >= 15 is 0 Å². The van der Waals surface area contributed by atoms with Gasteiger partial charge in [-0.25, -0.2) is 0 Å². The lowest BCUT2D eigenvalue weighted by atomic mass is 9.92. The second-order valence-corrected chi connectivity index (χ2v) is 6.22. The predicted molar refractivity (Wildman–Crippen MR) is 83.9 cm³/mol. The van der Waals surface area contributed by atoms with Crippen LogP contribution in [0.15, 0.2) is 24.3 Å². The van der Waals surface area contributed by atoms with Crippen LogP contribution in [0.3, 0.4) is 0 Å². The summed E-state index contributed by atoms with van der Waals surface area (Å²) in [5.41, 5.74) is 2.97. The Hall–Kier alpha value is -1.02. The van der Waals surface area contributed by atoms with Crippen molar-refractivity contribution in [3.8, 4) is 0 Å². The van der Waals surface area contributed by atoms with Crippen LogP contribution in [0.5, 0.6) is 0 Å². The maximum absolute atomic E-state index is 3.60. The van der Waals surface area contributed by atoms with Crippen LogP contribution in [0.25, 0.3) is 0 Å². The molecule has 1 N–H and O–H groups in total. The van der Waals surface area contributed by atoms with Gasteiger partial charge in [0.25, 0.3) is 0 Å². The molecule has 0 saturated carbocycles. The lowest BCUT2D eigenvalue weighted by Crippen LogP contribution is -2.47. The molecule has 0 amide bonds. The van der Waals surface area contributed by atoms with Gasteiger partial charge in [0.05, 0.1) is 0 Å². The van der Waals surface area contributed by atoms with Crippen LogP contribution in [0, 0.1) is 5.92 Å². The number of benzene rings is 1.